The molecule has 0 radical (unpaired) electrons. The predicted octanol–water partition coefficient (Wildman–Crippen LogP) is 2.53. The van der Waals surface area contributed by atoms with E-state index in [9.17, 15) is 5.11 Å². The van der Waals surface area contributed by atoms with Crippen molar-refractivity contribution >= 4 is 17.9 Å². The van der Waals surface area contributed by atoms with Gasteiger partial charge in [-0.2, -0.15) is 10.1 Å². The monoisotopic (exact) mass is 399 g/mol. The highest BCUT2D eigenvalue weighted by molar-refractivity contribution is 5.78. The number of hydrazone groups is 1. The smallest absolute Gasteiger partial charge is 0.229 e. The molecule has 0 atom stereocenters. The van der Waals surface area contributed by atoms with Gasteiger partial charge in [-0.15, -0.1) is 0 Å². The van der Waals surface area contributed by atoms with Crippen LogP contribution in [0, 0.1) is 13.8 Å². The largest absolute Gasteiger partial charge is 0.474 e. The van der Waals surface area contributed by atoms with Crippen LogP contribution >= 0.6 is 0 Å². The highest BCUT2D eigenvalue weighted by atomic mass is 16.5. The van der Waals surface area contributed by atoms with E-state index in [1.54, 1.807) is 26.1 Å². The van der Waals surface area contributed by atoms with E-state index in [0.717, 1.165) is 5.69 Å². The molecule has 0 aliphatic carbocycles. The number of aromatic nitrogens is 2. The highest BCUT2D eigenvalue weighted by Gasteiger charge is 2.18. The number of hydrogen-bond acceptors (Lipinski definition) is 8. The Morgan fingerprint density at radius 1 is 1.21 bits per heavy atom. The van der Waals surface area contributed by atoms with Gasteiger partial charge in [0.15, 0.2) is 0 Å². The summed E-state index contributed by atoms with van der Waals surface area (Å²) in [5, 5.41) is 14.2. The molecular formula is C21H29N5O3. The zero-order chi connectivity index (χ0) is 20.9. The number of hydrogen-bond donors (Lipinski definition) is 2. The Bertz CT molecular complexity index is 858. The molecule has 2 aromatic rings. The van der Waals surface area contributed by atoms with Crippen molar-refractivity contribution in [3.05, 3.63) is 41.1 Å². The molecule has 0 spiro atoms. The van der Waals surface area contributed by atoms with Crippen LogP contribution in [0.5, 0.6) is 5.88 Å². The standard InChI is InChI=1S/C21H29N5O3/c1-15-5-6-17(11-16(15)2)25-22-13-18-12-19(29-14-21(3,4)27)24-20(23-18)26-7-9-28-10-8-26/h5-6,11-13,25,27H,7-10,14H2,1-4H3. The van der Waals surface area contributed by atoms with Gasteiger partial charge in [0, 0.05) is 19.2 Å². The van der Waals surface area contributed by atoms with Crippen molar-refractivity contribution < 1.29 is 14.6 Å². The second kappa shape index (κ2) is 9.19. The van der Waals surface area contributed by atoms with E-state index in [4.69, 9.17) is 9.47 Å². The molecule has 29 heavy (non-hydrogen) atoms. The minimum absolute atomic E-state index is 0.129. The molecule has 2 heterocycles. The summed E-state index contributed by atoms with van der Waals surface area (Å²) in [5.41, 5.74) is 6.03. The van der Waals surface area contributed by atoms with Gasteiger partial charge in [-0.3, -0.25) is 5.43 Å². The SMILES string of the molecule is Cc1ccc(NN=Cc2cc(OCC(C)(C)O)nc(N3CCOCC3)n2)cc1C. The van der Waals surface area contributed by atoms with Crippen LogP contribution in [-0.4, -0.2) is 59.8 Å². The molecule has 1 aromatic heterocycles. The number of anilines is 2. The maximum Gasteiger partial charge on any atom is 0.229 e. The number of rotatable bonds is 7. The van der Waals surface area contributed by atoms with Gasteiger partial charge in [-0.25, -0.2) is 4.98 Å². The summed E-state index contributed by atoms with van der Waals surface area (Å²) in [7, 11) is 0. The number of benzene rings is 1. The molecule has 1 fully saturated rings. The summed E-state index contributed by atoms with van der Waals surface area (Å²) in [4.78, 5) is 11.1. The third-order valence-electron chi connectivity index (χ3n) is 4.48. The Morgan fingerprint density at radius 3 is 2.66 bits per heavy atom. The van der Waals surface area contributed by atoms with Crippen molar-refractivity contribution in [2.24, 2.45) is 5.10 Å². The fourth-order valence-corrected chi connectivity index (χ4v) is 2.71. The number of aryl methyl sites for hydroxylation is 2. The predicted molar refractivity (Wildman–Crippen MR) is 114 cm³/mol. The van der Waals surface area contributed by atoms with Gasteiger partial charge in [0.1, 0.15) is 6.61 Å². The molecule has 0 bridgehead atoms. The molecule has 8 heteroatoms. The van der Waals surface area contributed by atoms with Crippen molar-refractivity contribution in [3.8, 4) is 5.88 Å². The van der Waals surface area contributed by atoms with E-state index in [0.29, 0.717) is 43.8 Å². The molecule has 1 saturated heterocycles. The lowest BCUT2D eigenvalue weighted by Crippen LogP contribution is -2.37. The van der Waals surface area contributed by atoms with Gasteiger partial charge in [0.25, 0.3) is 0 Å². The average Bonchev–Trinajstić information content (AvgIpc) is 2.69. The van der Waals surface area contributed by atoms with Crippen molar-refractivity contribution in [3.63, 3.8) is 0 Å². The topological polar surface area (TPSA) is 92.1 Å². The van der Waals surface area contributed by atoms with Crippen LogP contribution in [0.25, 0.3) is 0 Å². The van der Waals surface area contributed by atoms with Crippen LogP contribution in [-0.2, 0) is 4.74 Å². The summed E-state index contributed by atoms with van der Waals surface area (Å²) in [6.07, 6.45) is 1.64. The van der Waals surface area contributed by atoms with Gasteiger partial charge in [-0.1, -0.05) is 6.07 Å². The molecule has 3 rings (SSSR count). The fourth-order valence-electron chi connectivity index (χ4n) is 2.71. The van der Waals surface area contributed by atoms with Gasteiger partial charge in [-0.05, 0) is 51.0 Å². The van der Waals surface area contributed by atoms with Crippen LogP contribution < -0.4 is 15.1 Å². The molecule has 0 amide bonds. The molecule has 2 N–H and O–H groups in total. The maximum absolute atomic E-state index is 9.94. The Morgan fingerprint density at radius 2 is 1.97 bits per heavy atom. The van der Waals surface area contributed by atoms with Gasteiger partial charge in [0.2, 0.25) is 11.8 Å². The summed E-state index contributed by atoms with van der Waals surface area (Å²) in [6, 6.07) is 7.79. The van der Waals surface area contributed by atoms with Crippen LogP contribution in [0.3, 0.4) is 0 Å². The Balaban J connectivity index is 1.78. The number of aliphatic hydroxyl groups is 1. The number of nitrogens with one attached hydrogen (secondary N) is 1. The second-order valence-electron chi connectivity index (χ2n) is 7.80. The minimum atomic E-state index is -0.955. The first kappa shape index (κ1) is 21.0. The van der Waals surface area contributed by atoms with E-state index in [1.807, 2.05) is 12.1 Å². The molecule has 0 saturated carbocycles. The third-order valence-corrected chi connectivity index (χ3v) is 4.48. The lowest BCUT2D eigenvalue weighted by atomic mass is 10.1. The number of ether oxygens (including phenoxy) is 2. The van der Waals surface area contributed by atoms with Crippen LogP contribution in [0.2, 0.25) is 0 Å². The van der Waals surface area contributed by atoms with E-state index in [2.05, 4.69) is 45.3 Å². The second-order valence-corrected chi connectivity index (χ2v) is 7.80. The quantitative estimate of drug-likeness (QED) is 0.546. The first-order valence-corrected chi connectivity index (χ1v) is 9.73. The van der Waals surface area contributed by atoms with Crippen molar-refractivity contribution in [1.29, 1.82) is 0 Å². The summed E-state index contributed by atoms with van der Waals surface area (Å²) < 4.78 is 11.1. The summed E-state index contributed by atoms with van der Waals surface area (Å²) in [5.74, 6) is 0.963. The maximum atomic E-state index is 9.94. The molecule has 8 nitrogen and oxygen atoms in total. The molecule has 1 aliphatic heterocycles. The summed E-state index contributed by atoms with van der Waals surface area (Å²) in [6.45, 7) is 10.3. The molecule has 0 unspecified atom stereocenters. The van der Waals surface area contributed by atoms with E-state index >= 15 is 0 Å². The van der Waals surface area contributed by atoms with Crippen LogP contribution in [0.15, 0.2) is 29.4 Å². The fraction of sp³-hybridized carbons (Fsp3) is 0.476. The Kier molecular flexibility index (Phi) is 6.66. The lowest BCUT2D eigenvalue weighted by Gasteiger charge is -2.27. The van der Waals surface area contributed by atoms with Crippen molar-refractivity contribution in [2.75, 3.05) is 43.2 Å². The van der Waals surface area contributed by atoms with Crippen molar-refractivity contribution in [2.45, 2.75) is 33.3 Å². The van der Waals surface area contributed by atoms with Gasteiger partial charge < -0.3 is 19.5 Å². The lowest BCUT2D eigenvalue weighted by molar-refractivity contribution is 0.0268. The minimum Gasteiger partial charge on any atom is -0.474 e. The normalized spacial score (nSPS) is 15.0. The molecular weight excluding hydrogens is 370 g/mol. The zero-order valence-electron chi connectivity index (χ0n) is 17.5. The van der Waals surface area contributed by atoms with Gasteiger partial charge >= 0.3 is 0 Å². The number of nitrogens with zero attached hydrogens (tertiary/aromatic N) is 4. The van der Waals surface area contributed by atoms with E-state index in [-0.39, 0.29) is 6.61 Å². The molecule has 1 aliphatic rings. The van der Waals surface area contributed by atoms with E-state index in [1.165, 1.54) is 11.1 Å². The van der Waals surface area contributed by atoms with Crippen LogP contribution in [0.1, 0.15) is 30.7 Å². The highest BCUT2D eigenvalue weighted by Crippen LogP contribution is 2.18. The first-order chi connectivity index (χ1) is 13.8. The first-order valence-electron chi connectivity index (χ1n) is 9.73. The van der Waals surface area contributed by atoms with E-state index < -0.39 is 5.60 Å². The zero-order valence-corrected chi connectivity index (χ0v) is 17.5. The van der Waals surface area contributed by atoms with Crippen LogP contribution in [0.4, 0.5) is 11.6 Å². The van der Waals surface area contributed by atoms with Crippen molar-refractivity contribution in [1.82, 2.24) is 9.97 Å². The molecule has 156 valence electrons. The Hall–Kier alpha value is -2.71. The Labute approximate surface area is 171 Å². The van der Waals surface area contributed by atoms with Gasteiger partial charge in [0.05, 0.1) is 36.4 Å². The summed E-state index contributed by atoms with van der Waals surface area (Å²) >= 11 is 0. The number of morpholine rings is 1. The third kappa shape index (κ3) is 6.40. The average molecular weight is 399 g/mol. The molecule has 1 aromatic carbocycles.